The zero-order chi connectivity index (χ0) is 12.7. The monoisotopic (exact) mass is 241 g/mol. The molecule has 0 bridgehead atoms. The van der Waals surface area contributed by atoms with Gasteiger partial charge in [-0.25, -0.2) is 0 Å². The van der Waals surface area contributed by atoms with Crippen molar-refractivity contribution >= 4 is 0 Å². The summed E-state index contributed by atoms with van der Waals surface area (Å²) in [5.74, 6) is 2.52. The van der Waals surface area contributed by atoms with E-state index in [0.717, 1.165) is 37.5 Å². The van der Waals surface area contributed by atoms with Crippen molar-refractivity contribution in [1.29, 1.82) is 0 Å². The van der Waals surface area contributed by atoms with Crippen molar-refractivity contribution in [3.8, 4) is 0 Å². The van der Waals surface area contributed by atoms with Gasteiger partial charge in [0.05, 0.1) is 12.7 Å². The third kappa shape index (κ3) is 6.42. The van der Waals surface area contributed by atoms with Crippen LogP contribution in [-0.4, -0.2) is 25.8 Å². The molecule has 3 atom stereocenters. The smallest absolute Gasteiger partial charge is 0.0594 e. The molecular weight excluding hydrogens is 210 g/mol. The summed E-state index contributed by atoms with van der Waals surface area (Å²) in [5, 5.41) is 3.45. The van der Waals surface area contributed by atoms with Crippen molar-refractivity contribution in [3.63, 3.8) is 0 Å². The Hall–Kier alpha value is -0.0800. The SMILES string of the molecule is CC(C)CCNCCOC1CCC(C)C(C)C1. The minimum absolute atomic E-state index is 0.521. The summed E-state index contributed by atoms with van der Waals surface area (Å²) in [6.45, 7) is 12.3. The van der Waals surface area contributed by atoms with Crippen LogP contribution >= 0.6 is 0 Å². The van der Waals surface area contributed by atoms with Crippen LogP contribution in [0.2, 0.25) is 0 Å². The molecule has 0 radical (unpaired) electrons. The second-order valence-electron chi connectivity index (χ2n) is 6.19. The third-order valence-corrected chi connectivity index (χ3v) is 4.08. The largest absolute Gasteiger partial charge is 0.377 e. The van der Waals surface area contributed by atoms with Gasteiger partial charge < -0.3 is 10.1 Å². The van der Waals surface area contributed by atoms with Gasteiger partial charge in [-0.1, -0.05) is 27.7 Å². The van der Waals surface area contributed by atoms with Crippen molar-refractivity contribution in [2.24, 2.45) is 17.8 Å². The number of hydrogen-bond acceptors (Lipinski definition) is 2. The molecule has 1 fully saturated rings. The quantitative estimate of drug-likeness (QED) is 0.689. The summed E-state index contributed by atoms with van der Waals surface area (Å²) < 4.78 is 5.95. The van der Waals surface area contributed by atoms with Crippen molar-refractivity contribution in [2.75, 3.05) is 19.7 Å². The highest BCUT2D eigenvalue weighted by Crippen LogP contribution is 2.30. The summed E-state index contributed by atoms with van der Waals surface area (Å²) in [4.78, 5) is 0. The second kappa shape index (κ2) is 8.10. The van der Waals surface area contributed by atoms with E-state index in [4.69, 9.17) is 4.74 Å². The van der Waals surface area contributed by atoms with Gasteiger partial charge >= 0.3 is 0 Å². The molecule has 0 aromatic rings. The minimum Gasteiger partial charge on any atom is -0.377 e. The molecular formula is C15H31NO. The van der Waals surface area contributed by atoms with E-state index in [1.165, 1.54) is 25.7 Å². The summed E-state index contributed by atoms with van der Waals surface area (Å²) >= 11 is 0. The van der Waals surface area contributed by atoms with Gasteiger partial charge in [0, 0.05) is 6.54 Å². The van der Waals surface area contributed by atoms with Crippen molar-refractivity contribution < 1.29 is 4.74 Å². The van der Waals surface area contributed by atoms with Gasteiger partial charge in [0.25, 0.3) is 0 Å². The third-order valence-electron chi connectivity index (χ3n) is 4.08. The van der Waals surface area contributed by atoms with E-state index < -0.39 is 0 Å². The van der Waals surface area contributed by atoms with Crippen LogP contribution < -0.4 is 5.32 Å². The number of hydrogen-bond donors (Lipinski definition) is 1. The van der Waals surface area contributed by atoms with Gasteiger partial charge in [0.2, 0.25) is 0 Å². The fourth-order valence-electron chi connectivity index (χ4n) is 2.46. The molecule has 2 nitrogen and oxygen atoms in total. The van der Waals surface area contributed by atoms with E-state index in [1.807, 2.05) is 0 Å². The fraction of sp³-hybridized carbons (Fsp3) is 1.00. The Morgan fingerprint density at radius 2 is 1.88 bits per heavy atom. The molecule has 1 aliphatic carbocycles. The van der Waals surface area contributed by atoms with Gasteiger partial charge in [0.15, 0.2) is 0 Å². The average Bonchev–Trinajstić information content (AvgIpc) is 2.27. The molecule has 102 valence electrons. The Morgan fingerprint density at radius 1 is 1.12 bits per heavy atom. The topological polar surface area (TPSA) is 21.3 Å². The van der Waals surface area contributed by atoms with Crippen LogP contribution in [0.3, 0.4) is 0 Å². The Morgan fingerprint density at radius 3 is 2.53 bits per heavy atom. The van der Waals surface area contributed by atoms with E-state index in [2.05, 4.69) is 33.0 Å². The Bertz CT molecular complexity index is 193. The van der Waals surface area contributed by atoms with Crippen LogP contribution in [0.4, 0.5) is 0 Å². The molecule has 0 heterocycles. The van der Waals surface area contributed by atoms with Gasteiger partial charge in [0.1, 0.15) is 0 Å². The first-order valence-corrected chi connectivity index (χ1v) is 7.42. The van der Waals surface area contributed by atoms with E-state index in [0.29, 0.717) is 6.10 Å². The molecule has 0 spiro atoms. The number of nitrogens with one attached hydrogen (secondary N) is 1. The molecule has 0 amide bonds. The maximum absolute atomic E-state index is 5.95. The first kappa shape index (κ1) is 15.0. The number of rotatable bonds is 7. The van der Waals surface area contributed by atoms with Crippen LogP contribution in [0.25, 0.3) is 0 Å². The lowest BCUT2D eigenvalue weighted by Crippen LogP contribution is -2.29. The molecule has 1 saturated carbocycles. The molecule has 0 aromatic carbocycles. The summed E-state index contributed by atoms with van der Waals surface area (Å²) in [7, 11) is 0. The Labute approximate surface area is 108 Å². The van der Waals surface area contributed by atoms with E-state index in [-0.39, 0.29) is 0 Å². The van der Waals surface area contributed by atoms with Crippen LogP contribution in [0, 0.1) is 17.8 Å². The lowest BCUT2D eigenvalue weighted by atomic mass is 9.80. The van der Waals surface area contributed by atoms with E-state index >= 15 is 0 Å². The maximum atomic E-state index is 5.95. The standard InChI is InChI=1S/C15H31NO/c1-12(2)7-8-16-9-10-17-15-6-5-13(3)14(4)11-15/h12-16H,5-11H2,1-4H3. The Balaban J connectivity index is 1.96. The molecule has 0 aromatic heterocycles. The van der Waals surface area contributed by atoms with Crippen LogP contribution in [-0.2, 0) is 4.74 Å². The van der Waals surface area contributed by atoms with Crippen LogP contribution in [0.5, 0.6) is 0 Å². The molecule has 1 aliphatic rings. The van der Waals surface area contributed by atoms with E-state index in [1.54, 1.807) is 0 Å². The van der Waals surface area contributed by atoms with Crippen molar-refractivity contribution in [1.82, 2.24) is 5.32 Å². The number of ether oxygens (including phenoxy) is 1. The Kier molecular flexibility index (Phi) is 7.14. The van der Waals surface area contributed by atoms with Crippen molar-refractivity contribution in [2.45, 2.75) is 59.5 Å². The summed E-state index contributed by atoms with van der Waals surface area (Å²) in [6.07, 6.45) is 5.64. The summed E-state index contributed by atoms with van der Waals surface area (Å²) in [6, 6.07) is 0. The van der Waals surface area contributed by atoms with Gasteiger partial charge in [-0.3, -0.25) is 0 Å². The zero-order valence-corrected chi connectivity index (χ0v) is 12.2. The minimum atomic E-state index is 0.521. The first-order valence-electron chi connectivity index (χ1n) is 7.42. The molecule has 2 heteroatoms. The molecule has 17 heavy (non-hydrogen) atoms. The van der Waals surface area contributed by atoms with Gasteiger partial charge in [-0.05, 0) is 50.0 Å². The van der Waals surface area contributed by atoms with E-state index in [9.17, 15) is 0 Å². The highest BCUT2D eigenvalue weighted by molar-refractivity contribution is 4.75. The predicted octanol–water partition coefficient (Wildman–Crippen LogP) is 3.46. The predicted molar refractivity (Wildman–Crippen MR) is 74.2 cm³/mol. The van der Waals surface area contributed by atoms with Crippen molar-refractivity contribution in [3.05, 3.63) is 0 Å². The van der Waals surface area contributed by atoms with Crippen LogP contribution in [0.1, 0.15) is 53.4 Å². The maximum Gasteiger partial charge on any atom is 0.0594 e. The normalized spacial score (nSPS) is 29.8. The highest BCUT2D eigenvalue weighted by atomic mass is 16.5. The van der Waals surface area contributed by atoms with Gasteiger partial charge in [-0.2, -0.15) is 0 Å². The molecule has 0 saturated heterocycles. The first-order chi connectivity index (χ1) is 8.09. The lowest BCUT2D eigenvalue weighted by Gasteiger charge is -2.32. The molecule has 1 N–H and O–H groups in total. The zero-order valence-electron chi connectivity index (χ0n) is 12.2. The fourth-order valence-corrected chi connectivity index (χ4v) is 2.46. The molecule has 3 unspecified atom stereocenters. The second-order valence-corrected chi connectivity index (χ2v) is 6.19. The summed E-state index contributed by atoms with van der Waals surface area (Å²) in [5.41, 5.74) is 0. The van der Waals surface area contributed by atoms with Gasteiger partial charge in [-0.15, -0.1) is 0 Å². The molecule has 1 rings (SSSR count). The lowest BCUT2D eigenvalue weighted by molar-refractivity contribution is 0.00431. The molecule has 0 aliphatic heterocycles. The average molecular weight is 241 g/mol. The van der Waals surface area contributed by atoms with Crippen LogP contribution in [0.15, 0.2) is 0 Å². The highest BCUT2D eigenvalue weighted by Gasteiger charge is 2.24.